The van der Waals surface area contributed by atoms with Crippen molar-refractivity contribution in [2.75, 3.05) is 24.4 Å². The summed E-state index contributed by atoms with van der Waals surface area (Å²) >= 11 is 1.19. The maximum atomic E-state index is 12.4. The van der Waals surface area contributed by atoms with Crippen LogP contribution < -0.4 is 15.8 Å². The lowest BCUT2D eigenvalue weighted by molar-refractivity contribution is 0.0596. The van der Waals surface area contributed by atoms with E-state index in [9.17, 15) is 14.4 Å². The first kappa shape index (κ1) is 17.7. The van der Waals surface area contributed by atoms with E-state index in [0.29, 0.717) is 15.3 Å². The van der Waals surface area contributed by atoms with Crippen molar-refractivity contribution in [3.63, 3.8) is 0 Å². The van der Waals surface area contributed by atoms with Crippen molar-refractivity contribution >= 4 is 44.3 Å². The number of hydrogen-bond donors (Lipinski definition) is 1. The maximum Gasteiger partial charge on any atom is 0.351 e. The number of rotatable bonds is 3. The van der Waals surface area contributed by atoms with Crippen LogP contribution in [0.5, 0.6) is 0 Å². The molecular formula is C18H16N2O5S. The first-order valence-electron chi connectivity index (χ1n) is 7.66. The summed E-state index contributed by atoms with van der Waals surface area (Å²) in [6, 6.07) is 10.2. The number of fused-ring (bicyclic) bond motifs is 1. The summed E-state index contributed by atoms with van der Waals surface area (Å²) in [7, 11) is 2.85. The third kappa shape index (κ3) is 3.45. The molecule has 0 saturated heterocycles. The minimum absolute atomic E-state index is 0.184. The molecule has 0 fully saturated rings. The molecule has 3 rings (SSSR count). The van der Waals surface area contributed by atoms with E-state index in [2.05, 4.69) is 10.1 Å². The molecule has 0 aliphatic rings. The Kier molecular flexibility index (Phi) is 4.77. The molecular weight excluding hydrogens is 356 g/mol. The molecule has 2 aromatic heterocycles. The molecule has 1 N–H and O–H groups in total. The Hall–Kier alpha value is -3.13. The van der Waals surface area contributed by atoms with Gasteiger partial charge < -0.3 is 9.15 Å². The van der Waals surface area contributed by atoms with Crippen LogP contribution in [0, 0.1) is 6.92 Å². The lowest BCUT2D eigenvalue weighted by Crippen LogP contribution is -2.30. The van der Waals surface area contributed by atoms with Gasteiger partial charge in [-0.2, -0.15) is 0 Å². The van der Waals surface area contributed by atoms with E-state index in [1.807, 2.05) is 31.2 Å². The van der Waals surface area contributed by atoms with Crippen LogP contribution in [0.3, 0.4) is 0 Å². The summed E-state index contributed by atoms with van der Waals surface area (Å²) in [6.45, 7) is 1.95. The van der Waals surface area contributed by atoms with E-state index in [4.69, 9.17) is 4.42 Å². The molecule has 0 spiro atoms. The lowest BCUT2D eigenvalue weighted by Gasteiger charge is -2.17. The zero-order valence-electron chi connectivity index (χ0n) is 14.4. The van der Waals surface area contributed by atoms with Crippen molar-refractivity contribution < 1.29 is 18.7 Å². The summed E-state index contributed by atoms with van der Waals surface area (Å²) in [6.07, 6.45) is 0. The third-order valence-corrected chi connectivity index (χ3v) is 4.73. The van der Waals surface area contributed by atoms with Gasteiger partial charge in [-0.25, -0.2) is 14.4 Å². The highest BCUT2D eigenvalue weighted by atomic mass is 32.1. The zero-order chi connectivity index (χ0) is 18.8. The molecule has 3 aromatic rings. The van der Waals surface area contributed by atoms with Crippen LogP contribution in [0.4, 0.5) is 15.5 Å². The Balaban J connectivity index is 1.85. The van der Waals surface area contributed by atoms with Gasteiger partial charge >= 0.3 is 17.6 Å². The number of carbonyl (C=O) groups is 2. The van der Waals surface area contributed by atoms with Crippen LogP contribution in [-0.4, -0.2) is 26.2 Å². The molecule has 134 valence electrons. The van der Waals surface area contributed by atoms with Gasteiger partial charge in [-0.3, -0.25) is 10.2 Å². The van der Waals surface area contributed by atoms with E-state index in [1.54, 1.807) is 13.1 Å². The third-order valence-electron chi connectivity index (χ3n) is 3.75. The molecule has 0 aliphatic heterocycles. The van der Waals surface area contributed by atoms with Crippen molar-refractivity contribution in [3.8, 4) is 0 Å². The number of anilines is 2. The lowest BCUT2D eigenvalue weighted by atomic mass is 10.2. The molecule has 2 heterocycles. The summed E-state index contributed by atoms with van der Waals surface area (Å²) in [5, 5.41) is 3.25. The van der Waals surface area contributed by atoms with Gasteiger partial charge in [0.15, 0.2) is 5.58 Å². The average molecular weight is 372 g/mol. The highest BCUT2D eigenvalue weighted by molar-refractivity contribution is 7.22. The monoisotopic (exact) mass is 372 g/mol. The van der Waals surface area contributed by atoms with Gasteiger partial charge in [-0.15, -0.1) is 11.3 Å². The first-order valence-corrected chi connectivity index (χ1v) is 8.48. The predicted octanol–water partition coefficient (Wildman–Crippen LogP) is 3.62. The van der Waals surface area contributed by atoms with Gasteiger partial charge in [0, 0.05) is 18.8 Å². The minimum atomic E-state index is -0.781. The molecule has 26 heavy (non-hydrogen) atoms. The van der Waals surface area contributed by atoms with E-state index in [1.165, 1.54) is 29.4 Å². The second-order valence-corrected chi connectivity index (χ2v) is 6.69. The Morgan fingerprint density at radius 3 is 2.69 bits per heavy atom. The largest absolute Gasteiger partial charge is 0.465 e. The molecule has 8 heteroatoms. The highest BCUT2D eigenvalue weighted by Crippen LogP contribution is 2.30. The quantitative estimate of drug-likeness (QED) is 0.710. The molecule has 0 saturated carbocycles. The van der Waals surface area contributed by atoms with Gasteiger partial charge in [0.2, 0.25) is 0 Å². The van der Waals surface area contributed by atoms with Crippen LogP contribution in [0.1, 0.15) is 15.9 Å². The first-order chi connectivity index (χ1) is 12.4. The van der Waals surface area contributed by atoms with Gasteiger partial charge in [-0.05, 0) is 30.7 Å². The van der Waals surface area contributed by atoms with Crippen LogP contribution in [0.15, 0.2) is 45.6 Å². The molecule has 2 amide bonds. The van der Waals surface area contributed by atoms with E-state index in [-0.39, 0.29) is 11.6 Å². The van der Waals surface area contributed by atoms with Crippen LogP contribution in [-0.2, 0) is 4.74 Å². The number of methoxy groups -OCH3 is 1. The predicted molar refractivity (Wildman–Crippen MR) is 100 cm³/mol. The number of nitrogens with one attached hydrogen (secondary N) is 1. The molecule has 1 aromatic carbocycles. The fourth-order valence-corrected chi connectivity index (χ4v) is 3.29. The number of hydrogen-bond acceptors (Lipinski definition) is 6. The number of ether oxygens (including phenoxy) is 1. The van der Waals surface area contributed by atoms with Gasteiger partial charge in [-0.1, -0.05) is 12.1 Å². The fourth-order valence-electron chi connectivity index (χ4n) is 2.37. The number of esters is 1. The summed E-state index contributed by atoms with van der Waals surface area (Å²) in [4.78, 5) is 37.3. The van der Waals surface area contributed by atoms with Gasteiger partial charge in [0.05, 0.1) is 11.8 Å². The number of carbonyl (C=O) groups excluding carboxylic acids is 2. The van der Waals surface area contributed by atoms with Crippen molar-refractivity contribution in [1.82, 2.24) is 0 Å². The fraction of sp³-hybridized carbons (Fsp3) is 0.167. The molecule has 0 aliphatic carbocycles. The number of urea groups is 1. The Bertz CT molecular complexity index is 1050. The maximum absolute atomic E-state index is 12.4. The van der Waals surface area contributed by atoms with Crippen molar-refractivity contribution in [3.05, 3.63) is 57.9 Å². The molecule has 0 bridgehead atoms. The van der Waals surface area contributed by atoms with Crippen LogP contribution in [0.2, 0.25) is 0 Å². The van der Waals surface area contributed by atoms with Crippen molar-refractivity contribution in [1.29, 1.82) is 0 Å². The standard InChI is InChI=1S/C18H16N2O5S/c1-10-5-4-6-11(7-10)20(2)18(23)19-15-9-13-14(26-15)8-12(16(21)24-3)17(22)25-13/h4-9H,1-3H3,(H,19,23). The molecule has 0 unspecified atom stereocenters. The molecule has 7 nitrogen and oxygen atoms in total. The SMILES string of the molecule is COC(=O)c1cc2sc(NC(=O)N(C)c3cccc(C)c3)cc2oc1=O. The number of benzene rings is 1. The number of amides is 2. The Morgan fingerprint density at radius 1 is 1.23 bits per heavy atom. The van der Waals surface area contributed by atoms with Gasteiger partial charge in [0.1, 0.15) is 10.6 Å². The van der Waals surface area contributed by atoms with Crippen molar-refractivity contribution in [2.45, 2.75) is 6.92 Å². The van der Waals surface area contributed by atoms with Crippen LogP contribution >= 0.6 is 11.3 Å². The zero-order valence-corrected chi connectivity index (χ0v) is 15.2. The Morgan fingerprint density at radius 2 is 2.00 bits per heavy atom. The smallest absolute Gasteiger partial charge is 0.351 e. The summed E-state index contributed by atoms with van der Waals surface area (Å²) < 4.78 is 10.2. The number of nitrogens with zero attached hydrogens (tertiary/aromatic N) is 1. The van der Waals surface area contributed by atoms with Crippen molar-refractivity contribution in [2.24, 2.45) is 0 Å². The van der Waals surface area contributed by atoms with E-state index >= 15 is 0 Å². The second kappa shape index (κ2) is 7.01. The van der Waals surface area contributed by atoms with Gasteiger partial charge in [0.25, 0.3) is 0 Å². The number of aryl methyl sites for hydroxylation is 1. The molecule has 0 radical (unpaired) electrons. The van der Waals surface area contributed by atoms with E-state index < -0.39 is 11.6 Å². The van der Waals surface area contributed by atoms with Crippen LogP contribution in [0.25, 0.3) is 10.3 Å². The second-order valence-electron chi connectivity index (χ2n) is 5.61. The number of thiophene rings is 1. The normalized spacial score (nSPS) is 10.6. The summed E-state index contributed by atoms with van der Waals surface area (Å²) in [5.74, 6) is -0.765. The topological polar surface area (TPSA) is 88.8 Å². The highest BCUT2D eigenvalue weighted by Gasteiger charge is 2.17. The average Bonchev–Trinajstić information content (AvgIpc) is 3.00. The molecule has 0 atom stereocenters. The Labute approximate surface area is 152 Å². The minimum Gasteiger partial charge on any atom is -0.465 e. The summed E-state index contributed by atoms with van der Waals surface area (Å²) in [5.41, 5.74) is 1.12. The van der Waals surface area contributed by atoms with E-state index in [0.717, 1.165) is 11.3 Å².